The van der Waals surface area contributed by atoms with Crippen LogP contribution >= 0.6 is 0 Å². The first kappa shape index (κ1) is 20.3. The summed E-state index contributed by atoms with van der Waals surface area (Å²) in [5.41, 5.74) is 0.572. The molecule has 9 heteroatoms. The van der Waals surface area contributed by atoms with Crippen molar-refractivity contribution in [2.75, 3.05) is 11.9 Å². The molecule has 0 saturated carbocycles. The van der Waals surface area contributed by atoms with Crippen molar-refractivity contribution in [2.24, 2.45) is 5.92 Å². The molecule has 0 saturated heterocycles. The highest BCUT2D eigenvalue weighted by Crippen LogP contribution is 2.17. The van der Waals surface area contributed by atoms with Gasteiger partial charge in [-0.05, 0) is 43.3 Å². The number of nitrogens with zero attached hydrogens (tertiary/aromatic N) is 2. The molecule has 0 spiro atoms. The Hall–Kier alpha value is -4.06. The lowest BCUT2D eigenvalue weighted by Crippen LogP contribution is -2.25. The number of nitro benzene ring substituents is 1. The van der Waals surface area contributed by atoms with Crippen molar-refractivity contribution in [2.45, 2.75) is 6.92 Å². The van der Waals surface area contributed by atoms with E-state index in [1.165, 1.54) is 48.5 Å². The van der Waals surface area contributed by atoms with E-state index in [1.807, 2.05) is 0 Å². The molecule has 2 aromatic carbocycles. The molecular formula is C19H15N3O6. The molecule has 1 N–H and O–H groups in total. The minimum Gasteiger partial charge on any atom is -0.465 e. The van der Waals surface area contributed by atoms with Crippen molar-refractivity contribution in [3.8, 4) is 6.07 Å². The number of esters is 1. The second-order valence-electron chi connectivity index (χ2n) is 5.51. The van der Waals surface area contributed by atoms with E-state index in [0.29, 0.717) is 5.69 Å². The Kier molecular flexibility index (Phi) is 6.54. The molecule has 28 heavy (non-hydrogen) atoms. The van der Waals surface area contributed by atoms with Gasteiger partial charge in [-0.3, -0.25) is 24.5 Å². The third kappa shape index (κ3) is 4.76. The molecule has 2 aromatic rings. The number of hydrogen-bond acceptors (Lipinski definition) is 7. The average molecular weight is 381 g/mol. The Balaban J connectivity index is 2.08. The lowest BCUT2D eigenvalue weighted by atomic mass is 9.99. The van der Waals surface area contributed by atoms with E-state index in [1.54, 1.807) is 13.0 Å². The highest BCUT2D eigenvalue weighted by Gasteiger charge is 2.28. The quantitative estimate of drug-likeness (QED) is 0.256. The van der Waals surface area contributed by atoms with Crippen molar-refractivity contribution >= 4 is 29.0 Å². The summed E-state index contributed by atoms with van der Waals surface area (Å²) < 4.78 is 4.70. The van der Waals surface area contributed by atoms with Crippen LogP contribution in [0.15, 0.2) is 48.5 Å². The van der Waals surface area contributed by atoms with E-state index in [0.717, 1.165) is 0 Å². The SMILES string of the molecule is CCOC(=O)[C@H](C#N)C(=O)c1ccc(NC(=O)c2ccc([N+](=O)[O-])cc2)cc1. The zero-order chi connectivity index (χ0) is 20.7. The average Bonchev–Trinajstić information content (AvgIpc) is 2.69. The summed E-state index contributed by atoms with van der Waals surface area (Å²) >= 11 is 0. The van der Waals surface area contributed by atoms with Gasteiger partial charge in [-0.15, -0.1) is 0 Å². The number of ether oxygens (including phenoxy) is 1. The number of carbonyl (C=O) groups excluding carboxylic acids is 3. The van der Waals surface area contributed by atoms with Crippen LogP contribution in [0.1, 0.15) is 27.6 Å². The van der Waals surface area contributed by atoms with Crippen LogP contribution in [0.2, 0.25) is 0 Å². The molecule has 0 aromatic heterocycles. The highest BCUT2D eigenvalue weighted by atomic mass is 16.6. The molecular weight excluding hydrogens is 366 g/mol. The number of amides is 1. The molecule has 0 unspecified atom stereocenters. The molecule has 2 rings (SSSR count). The molecule has 142 valence electrons. The summed E-state index contributed by atoms with van der Waals surface area (Å²) in [5.74, 6) is -3.66. The number of carbonyl (C=O) groups is 3. The molecule has 0 radical (unpaired) electrons. The van der Waals surface area contributed by atoms with E-state index in [-0.39, 0.29) is 23.4 Å². The molecule has 0 aliphatic carbocycles. The Labute approximate surface area is 159 Å². The first-order chi connectivity index (χ1) is 13.4. The summed E-state index contributed by atoms with van der Waals surface area (Å²) in [6, 6.07) is 12.3. The summed E-state index contributed by atoms with van der Waals surface area (Å²) in [6.45, 7) is 1.62. The molecule has 1 amide bonds. The molecule has 1 atom stereocenters. The minimum absolute atomic E-state index is 0.0535. The van der Waals surface area contributed by atoms with Crippen LogP contribution in [0.3, 0.4) is 0 Å². The molecule has 0 aliphatic heterocycles. The minimum atomic E-state index is -1.56. The maximum absolute atomic E-state index is 12.3. The van der Waals surface area contributed by atoms with Gasteiger partial charge in [-0.2, -0.15) is 5.26 Å². The molecule has 0 fully saturated rings. The van der Waals surface area contributed by atoms with Gasteiger partial charge in [-0.25, -0.2) is 0 Å². The highest BCUT2D eigenvalue weighted by molar-refractivity contribution is 6.11. The zero-order valence-corrected chi connectivity index (χ0v) is 14.7. The van der Waals surface area contributed by atoms with Crippen LogP contribution in [0.4, 0.5) is 11.4 Å². The number of nitro groups is 1. The number of non-ortho nitro benzene ring substituents is 1. The summed E-state index contributed by atoms with van der Waals surface area (Å²) in [4.78, 5) is 46.2. The van der Waals surface area contributed by atoms with Crippen LogP contribution in [0.25, 0.3) is 0 Å². The number of nitrogens with one attached hydrogen (secondary N) is 1. The molecule has 0 aliphatic rings. The predicted octanol–water partition coefficient (Wildman–Crippen LogP) is 2.73. The van der Waals surface area contributed by atoms with Gasteiger partial charge in [0.15, 0.2) is 5.78 Å². The monoisotopic (exact) mass is 381 g/mol. The summed E-state index contributed by atoms with van der Waals surface area (Å²) in [7, 11) is 0. The lowest BCUT2D eigenvalue weighted by molar-refractivity contribution is -0.384. The fourth-order valence-electron chi connectivity index (χ4n) is 2.27. The maximum atomic E-state index is 12.3. The third-order valence-corrected chi connectivity index (χ3v) is 3.68. The number of nitriles is 1. The Morgan fingerprint density at radius 1 is 1.11 bits per heavy atom. The van der Waals surface area contributed by atoms with Crippen molar-refractivity contribution in [3.63, 3.8) is 0 Å². The van der Waals surface area contributed by atoms with Gasteiger partial charge in [0.2, 0.25) is 5.92 Å². The second kappa shape index (κ2) is 9.05. The van der Waals surface area contributed by atoms with Crippen LogP contribution in [0.5, 0.6) is 0 Å². The van der Waals surface area contributed by atoms with Gasteiger partial charge in [0, 0.05) is 28.9 Å². The first-order valence-corrected chi connectivity index (χ1v) is 8.13. The summed E-state index contributed by atoms with van der Waals surface area (Å²) in [5, 5.41) is 22.3. The smallest absolute Gasteiger partial charge is 0.331 e. The van der Waals surface area contributed by atoms with E-state index < -0.39 is 28.5 Å². The molecule has 9 nitrogen and oxygen atoms in total. The van der Waals surface area contributed by atoms with E-state index >= 15 is 0 Å². The molecule has 0 bridgehead atoms. The maximum Gasteiger partial charge on any atom is 0.331 e. The van der Waals surface area contributed by atoms with Gasteiger partial charge in [0.1, 0.15) is 0 Å². The van der Waals surface area contributed by atoms with Crippen LogP contribution in [-0.4, -0.2) is 29.2 Å². The Morgan fingerprint density at radius 3 is 2.18 bits per heavy atom. The van der Waals surface area contributed by atoms with Crippen LogP contribution < -0.4 is 5.32 Å². The number of ketones is 1. The van der Waals surface area contributed by atoms with Crippen molar-refractivity contribution in [1.82, 2.24) is 0 Å². The fourth-order valence-corrected chi connectivity index (χ4v) is 2.27. The third-order valence-electron chi connectivity index (χ3n) is 3.68. The number of benzene rings is 2. The zero-order valence-electron chi connectivity index (χ0n) is 14.7. The Bertz CT molecular complexity index is 945. The largest absolute Gasteiger partial charge is 0.465 e. The van der Waals surface area contributed by atoms with Crippen molar-refractivity contribution < 1.29 is 24.0 Å². The topological polar surface area (TPSA) is 139 Å². The normalized spacial score (nSPS) is 11.0. The van der Waals surface area contributed by atoms with E-state index in [4.69, 9.17) is 10.00 Å². The second-order valence-corrected chi connectivity index (χ2v) is 5.51. The predicted molar refractivity (Wildman–Crippen MR) is 97.6 cm³/mol. The number of rotatable bonds is 7. The number of anilines is 1. The fraction of sp³-hybridized carbons (Fsp3) is 0.158. The Morgan fingerprint density at radius 2 is 1.68 bits per heavy atom. The van der Waals surface area contributed by atoms with Gasteiger partial charge in [0.25, 0.3) is 11.6 Å². The van der Waals surface area contributed by atoms with Crippen LogP contribution in [-0.2, 0) is 9.53 Å². The standard InChI is InChI=1S/C19H15N3O6/c1-2-28-19(25)16(11-20)17(23)12-3-7-14(8-4-12)21-18(24)13-5-9-15(10-6-13)22(26)27/h3-10,16H,2H2,1H3,(H,21,24)/t16-/m1/s1. The van der Waals surface area contributed by atoms with E-state index in [9.17, 15) is 24.5 Å². The van der Waals surface area contributed by atoms with Crippen molar-refractivity contribution in [1.29, 1.82) is 5.26 Å². The molecule has 0 heterocycles. The van der Waals surface area contributed by atoms with Crippen molar-refractivity contribution in [3.05, 3.63) is 69.8 Å². The first-order valence-electron chi connectivity index (χ1n) is 8.13. The van der Waals surface area contributed by atoms with Crippen LogP contribution in [0, 0.1) is 27.4 Å². The van der Waals surface area contributed by atoms with Gasteiger partial charge < -0.3 is 10.1 Å². The lowest BCUT2D eigenvalue weighted by Gasteiger charge is -2.09. The van der Waals surface area contributed by atoms with E-state index in [2.05, 4.69) is 5.32 Å². The van der Waals surface area contributed by atoms with Gasteiger partial charge in [-0.1, -0.05) is 0 Å². The number of Topliss-reactive ketones (excluding diaryl/α,β-unsaturated/α-hetero) is 1. The number of hydrogen-bond donors (Lipinski definition) is 1. The summed E-state index contributed by atoms with van der Waals surface area (Å²) in [6.07, 6.45) is 0. The van der Waals surface area contributed by atoms with Gasteiger partial charge >= 0.3 is 5.97 Å². The van der Waals surface area contributed by atoms with Gasteiger partial charge in [0.05, 0.1) is 17.6 Å².